The van der Waals surface area contributed by atoms with Gasteiger partial charge in [-0.05, 0) is 75.2 Å². The second-order valence-corrected chi connectivity index (χ2v) is 10.5. The minimum Gasteiger partial charge on any atom is -0.338 e. The summed E-state index contributed by atoms with van der Waals surface area (Å²) in [4.78, 5) is 45.4. The quantitative estimate of drug-likeness (QED) is 0.349. The largest absolute Gasteiger partial charge is 0.338 e. The van der Waals surface area contributed by atoms with Gasteiger partial charge in [-0.25, -0.2) is 0 Å². The molecule has 0 bridgehead atoms. The number of carbonyl (C=O) groups excluding carboxylic acids is 2. The van der Waals surface area contributed by atoms with Crippen molar-refractivity contribution in [1.82, 2.24) is 14.8 Å². The van der Waals surface area contributed by atoms with Gasteiger partial charge in [-0.2, -0.15) is 0 Å². The van der Waals surface area contributed by atoms with Crippen LogP contribution < -0.4 is 5.32 Å². The number of likely N-dealkylation sites (tertiary alicyclic amines) is 2. The molecular weight excluding hydrogens is 538 g/mol. The molecule has 2 aliphatic heterocycles. The SMILES string of the molecule is O=C(Nc1cccc2ncccc12)C1CCN(C2CCN(C(=O)c3cc(Br)ccc3[N+](=O)[O-])CC2)CC1. The highest BCUT2D eigenvalue weighted by molar-refractivity contribution is 9.10. The van der Waals surface area contributed by atoms with Crippen molar-refractivity contribution < 1.29 is 14.5 Å². The summed E-state index contributed by atoms with van der Waals surface area (Å²) in [5, 5.41) is 15.4. The van der Waals surface area contributed by atoms with Crippen molar-refractivity contribution in [2.24, 2.45) is 5.92 Å². The maximum absolute atomic E-state index is 13.0. The first-order valence-electron chi connectivity index (χ1n) is 12.5. The molecule has 9 nitrogen and oxygen atoms in total. The molecule has 37 heavy (non-hydrogen) atoms. The van der Waals surface area contributed by atoms with Crippen LogP contribution in [-0.2, 0) is 4.79 Å². The Bertz CT molecular complexity index is 1330. The zero-order chi connectivity index (χ0) is 25.9. The number of carbonyl (C=O) groups is 2. The van der Waals surface area contributed by atoms with Crippen LogP contribution in [0.4, 0.5) is 11.4 Å². The number of nitrogens with zero attached hydrogens (tertiary/aromatic N) is 4. The third-order valence-corrected chi connectivity index (χ3v) is 7.95. The lowest BCUT2D eigenvalue weighted by Crippen LogP contribution is -2.49. The van der Waals surface area contributed by atoms with Crippen molar-refractivity contribution in [2.45, 2.75) is 31.7 Å². The molecule has 0 aliphatic carbocycles. The minimum atomic E-state index is -0.510. The van der Waals surface area contributed by atoms with E-state index in [4.69, 9.17) is 0 Å². The molecule has 10 heteroatoms. The molecule has 0 radical (unpaired) electrons. The number of nitrogens with one attached hydrogen (secondary N) is 1. The standard InChI is InChI=1S/C27H28BrN5O4/c28-19-6-7-25(33(36)37)22(17-19)27(35)32-15-10-20(11-16-32)31-13-8-18(9-14-31)26(34)30-24-5-1-4-23-21(24)3-2-12-29-23/h1-7,12,17-18,20H,8-11,13-16H2,(H,30,34). The molecule has 0 atom stereocenters. The van der Waals surface area contributed by atoms with Crippen LogP contribution in [0.25, 0.3) is 10.9 Å². The first-order valence-corrected chi connectivity index (χ1v) is 13.3. The van der Waals surface area contributed by atoms with Crippen molar-refractivity contribution >= 4 is 50.0 Å². The number of piperidine rings is 2. The number of nitro benzene ring substituents is 1. The van der Waals surface area contributed by atoms with E-state index in [1.807, 2.05) is 30.3 Å². The van der Waals surface area contributed by atoms with Crippen LogP contribution in [0, 0.1) is 16.0 Å². The summed E-state index contributed by atoms with van der Waals surface area (Å²) < 4.78 is 0.639. The number of hydrogen-bond acceptors (Lipinski definition) is 6. The van der Waals surface area contributed by atoms with Gasteiger partial charge in [0.15, 0.2) is 0 Å². The second kappa shape index (κ2) is 10.9. The number of halogens is 1. The Kier molecular flexibility index (Phi) is 7.48. The van der Waals surface area contributed by atoms with Crippen molar-refractivity contribution in [3.63, 3.8) is 0 Å². The van der Waals surface area contributed by atoms with E-state index in [2.05, 4.69) is 31.1 Å². The molecule has 5 rings (SSSR count). The number of rotatable bonds is 5. The molecule has 0 spiro atoms. The average molecular weight is 566 g/mol. The molecule has 2 fully saturated rings. The fourth-order valence-corrected chi connectivity index (χ4v) is 5.78. The van der Waals surface area contributed by atoms with Gasteiger partial charge in [0, 0.05) is 47.2 Å². The summed E-state index contributed by atoms with van der Waals surface area (Å²) in [6, 6.07) is 14.4. The van der Waals surface area contributed by atoms with E-state index in [1.54, 1.807) is 17.2 Å². The number of amides is 2. The van der Waals surface area contributed by atoms with Crippen LogP contribution in [-0.4, -0.2) is 63.7 Å². The van der Waals surface area contributed by atoms with Gasteiger partial charge in [0.1, 0.15) is 5.56 Å². The number of aromatic nitrogens is 1. The highest BCUT2D eigenvalue weighted by Crippen LogP contribution is 2.29. The Labute approximate surface area is 223 Å². The number of fused-ring (bicyclic) bond motifs is 1. The Morgan fingerprint density at radius 3 is 2.49 bits per heavy atom. The van der Waals surface area contributed by atoms with Crippen LogP contribution in [0.15, 0.2) is 59.2 Å². The maximum Gasteiger partial charge on any atom is 0.282 e. The van der Waals surface area contributed by atoms with E-state index in [1.165, 1.54) is 12.1 Å². The van der Waals surface area contributed by atoms with E-state index in [9.17, 15) is 19.7 Å². The van der Waals surface area contributed by atoms with Crippen LogP contribution >= 0.6 is 15.9 Å². The van der Waals surface area contributed by atoms with Crippen molar-refractivity contribution in [3.8, 4) is 0 Å². The van der Waals surface area contributed by atoms with Crippen LogP contribution in [0.1, 0.15) is 36.0 Å². The molecule has 2 aliphatic rings. The van der Waals surface area contributed by atoms with Crippen LogP contribution in [0.2, 0.25) is 0 Å². The maximum atomic E-state index is 13.0. The number of pyridine rings is 1. The van der Waals surface area contributed by atoms with E-state index in [0.29, 0.717) is 23.6 Å². The molecule has 2 aromatic carbocycles. The Morgan fingerprint density at radius 1 is 1.00 bits per heavy atom. The van der Waals surface area contributed by atoms with E-state index in [-0.39, 0.29) is 29.0 Å². The molecule has 0 saturated carbocycles. The van der Waals surface area contributed by atoms with Gasteiger partial charge in [-0.15, -0.1) is 0 Å². The van der Waals surface area contributed by atoms with E-state index in [0.717, 1.165) is 55.4 Å². The van der Waals surface area contributed by atoms with E-state index < -0.39 is 4.92 Å². The Balaban J connectivity index is 1.14. The van der Waals surface area contributed by atoms with Gasteiger partial charge in [0.2, 0.25) is 5.91 Å². The minimum absolute atomic E-state index is 0.0399. The molecular formula is C27H28BrN5O4. The summed E-state index contributed by atoms with van der Waals surface area (Å²) in [7, 11) is 0. The third kappa shape index (κ3) is 5.50. The molecule has 1 N–H and O–H groups in total. The summed E-state index contributed by atoms with van der Waals surface area (Å²) in [5.41, 5.74) is 1.59. The number of anilines is 1. The zero-order valence-corrected chi connectivity index (χ0v) is 21.9. The van der Waals surface area contributed by atoms with Crippen LogP contribution in [0.3, 0.4) is 0 Å². The lowest BCUT2D eigenvalue weighted by Gasteiger charge is -2.41. The Hall–Kier alpha value is -3.37. The molecule has 2 saturated heterocycles. The van der Waals surface area contributed by atoms with Gasteiger partial charge < -0.3 is 15.1 Å². The van der Waals surface area contributed by atoms with Gasteiger partial charge in [0.25, 0.3) is 11.6 Å². The average Bonchev–Trinajstić information content (AvgIpc) is 2.93. The summed E-state index contributed by atoms with van der Waals surface area (Å²) in [6.45, 7) is 2.79. The van der Waals surface area contributed by atoms with Crippen molar-refractivity contribution in [3.05, 3.63) is 74.9 Å². The molecule has 2 amide bonds. The first-order chi connectivity index (χ1) is 17.9. The summed E-state index contributed by atoms with van der Waals surface area (Å²) >= 11 is 3.31. The molecule has 1 aromatic heterocycles. The summed E-state index contributed by atoms with van der Waals surface area (Å²) in [5.74, 6) is -0.292. The van der Waals surface area contributed by atoms with Crippen LogP contribution in [0.5, 0.6) is 0 Å². The molecule has 3 aromatic rings. The Morgan fingerprint density at radius 2 is 1.76 bits per heavy atom. The van der Waals surface area contributed by atoms with Crippen molar-refractivity contribution in [2.75, 3.05) is 31.5 Å². The first kappa shape index (κ1) is 25.3. The molecule has 192 valence electrons. The fraction of sp³-hybridized carbons (Fsp3) is 0.370. The monoisotopic (exact) mass is 565 g/mol. The highest BCUT2D eigenvalue weighted by atomic mass is 79.9. The molecule has 0 unspecified atom stereocenters. The number of hydrogen-bond donors (Lipinski definition) is 1. The smallest absolute Gasteiger partial charge is 0.282 e. The van der Waals surface area contributed by atoms with Gasteiger partial charge in [0.05, 0.1) is 16.1 Å². The zero-order valence-electron chi connectivity index (χ0n) is 20.3. The summed E-state index contributed by atoms with van der Waals surface area (Å²) in [6.07, 6.45) is 4.95. The molecule has 3 heterocycles. The van der Waals surface area contributed by atoms with Gasteiger partial charge >= 0.3 is 0 Å². The predicted octanol–water partition coefficient (Wildman–Crippen LogP) is 4.86. The topological polar surface area (TPSA) is 109 Å². The number of nitro groups is 1. The lowest BCUT2D eigenvalue weighted by atomic mass is 9.92. The third-order valence-electron chi connectivity index (χ3n) is 7.46. The highest BCUT2D eigenvalue weighted by Gasteiger charge is 2.33. The second-order valence-electron chi connectivity index (χ2n) is 9.62. The predicted molar refractivity (Wildman–Crippen MR) is 144 cm³/mol. The number of benzene rings is 2. The lowest BCUT2D eigenvalue weighted by molar-refractivity contribution is -0.385. The van der Waals surface area contributed by atoms with Gasteiger partial charge in [-0.3, -0.25) is 24.7 Å². The van der Waals surface area contributed by atoms with Gasteiger partial charge in [-0.1, -0.05) is 22.0 Å². The normalized spacial score (nSPS) is 17.6. The van der Waals surface area contributed by atoms with E-state index >= 15 is 0 Å². The fourth-order valence-electron chi connectivity index (χ4n) is 5.42. The van der Waals surface area contributed by atoms with Crippen molar-refractivity contribution in [1.29, 1.82) is 0 Å².